The average molecular weight is 222 g/mol. The smallest absolute Gasteiger partial charge is 0.123 e. The van der Waals surface area contributed by atoms with E-state index in [9.17, 15) is 0 Å². The van der Waals surface area contributed by atoms with Crippen LogP contribution in [0.4, 0.5) is 5.82 Å². The Hall–Kier alpha value is -2.72. The van der Waals surface area contributed by atoms with Crippen LogP contribution in [0.3, 0.4) is 0 Å². The first-order valence-corrected chi connectivity index (χ1v) is 5.09. The summed E-state index contributed by atoms with van der Waals surface area (Å²) in [5, 5.41) is 17.8. The maximum absolute atomic E-state index is 8.92. The van der Waals surface area contributed by atoms with E-state index < -0.39 is 0 Å². The van der Waals surface area contributed by atoms with Gasteiger partial charge in [0.1, 0.15) is 23.5 Å². The Morgan fingerprint density at radius 2 is 1.82 bits per heavy atom. The van der Waals surface area contributed by atoms with Crippen LogP contribution in [0.25, 0.3) is 0 Å². The first kappa shape index (κ1) is 10.8. The number of hydrogen-bond donors (Lipinski definition) is 1. The summed E-state index contributed by atoms with van der Waals surface area (Å²) in [7, 11) is 0. The van der Waals surface area contributed by atoms with Crippen molar-refractivity contribution in [1.82, 2.24) is 4.57 Å². The standard InChI is InChI=1S/C13H10N4/c14-6-11-9-17(13(16)12(11)7-15)8-10-4-2-1-3-5-10/h1-5,9H,8,16H2. The highest BCUT2D eigenvalue weighted by Crippen LogP contribution is 2.19. The van der Waals surface area contributed by atoms with Gasteiger partial charge in [0.05, 0.1) is 5.56 Å². The van der Waals surface area contributed by atoms with Crippen LogP contribution in [-0.4, -0.2) is 4.57 Å². The molecule has 17 heavy (non-hydrogen) atoms. The Balaban J connectivity index is 2.39. The van der Waals surface area contributed by atoms with Gasteiger partial charge in [-0.1, -0.05) is 30.3 Å². The van der Waals surface area contributed by atoms with Gasteiger partial charge in [0.15, 0.2) is 0 Å². The van der Waals surface area contributed by atoms with Gasteiger partial charge in [-0.2, -0.15) is 10.5 Å². The molecule has 0 aliphatic rings. The van der Waals surface area contributed by atoms with Crippen molar-refractivity contribution < 1.29 is 0 Å². The molecule has 0 bridgehead atoms. The summed E-state index contributed by atoms with van der Waals surface area (Å²) in [6.07, 6.45) is 1.61. The third kappa shape index (κ3) is 1.97. The van der Waals surface area contributed by atoms with Crippen molar-refractivity contribution in [3.05, 3.63) is 53.2 Å². The van der Waals surface area contributed by atoms with E-state index in [1.54, 1.807) is 10.8 Å². The Labute approximate surface area is 99.1 Å². The molecule has 0 unspecified atom stereocenters. The number of anilines is 1. The van der Waals surface area contributed by atoms with Gasteiger partial charge < -0.3 is 10.3 Å². The lowest BCUT2D eigenvalue weighted by Crippen LogP contribution is -2.03. The van der Waals surface area contributed by atoms with Crippen molar-refractivity contribution in [1.29, 1.82) is 10.5 Å². The van der Waals surface area contributed by atoms with Crippen LogP contribution in [-0.2, 0) is 6.54 Å². The molecule has 0 saturated carbocycles. The van der Waals surface area contributed by atoms with Gasteiger partial charge in [0.2, 0.25) is 0 Å². The number of rotatable bonds is 2. The maximum Gasteiger partial charge on any atom is 0.123 e. The van der Waals surface area contributed by atoms with Crippen LogP contribution in [0.2, 0.25) is 0 Å². The van der Waals surface area contributed by atoms with Crippen molar-refractivity contribution in [2.24, 2.45) is 0 Å². The van der Waals surface area contributed by atoms with E-state index in [2.05, 4.69) is 0 Å². The lowest BCUT2D eigenvalue weighted by molar-refractivity contribution is 0.816. The molecule has 1 heterocycles. The van der Waals surface area contributed by atoms with E-state index in [0.717, 1.165) is 5.56 Å². The predicted molar refractivity (Wildman–Crippen MR) is 63.8 cm³/mol. The quantitative estimate of drug-likeness (QED) is 0.842. The van der Waals surface area contributed by atoms with Crippen molar-refractivity contribution >= 4 is 5.82 Å². The lowest BCUT2D eigenvalue weighted by atomic mass is 10.2. The summed E-state index contributed by atoms with van der Waals surface area (Å²) in [6.45, 7) is 0.559. The number of benzene rings is 1. The third-order valence-corrected chi connectivity index (χ3v) is 2.55. The molecule has 2 aromatic rings. The lowest BCUT2D eigenvalue weighted by Gasteiger charge is -2.05. The highest BCUT2D eigenvalue weighted by Gasteiger charge is 2.12. The highest BCUT2D eigenvalue weighted by molar-refractivity contribution is 5.59. The first-order chi connectivity index (χ1) is 8.26. The zero-order valence-corrected chi connectivity index (χ0v) is 9.09. The molecule has 4 heteroatoms. The van der Waals surface area contributed by atoms with Crippen molar-refractivity contribution in [3.63, 3.8) is 0 Å². The Morgan fingerprint density at radius 1 is 1.12 bits per heavy atom. The molecule has 1 aromatic carbocycles. The van der Waals surface area contributed by atoms with Crippen LogP contribution in [0.15, 0.2) is 36.5 Å². The fourth-order valence-electron chi connectivity index (χ4n) is 1.68. The molecule has 0 radical (unpaired) electrons. The van der Waals surface area contributed by atoms with Crippen LogP contribution in [0.1, 0.15) is 16.7 Å². The van der Waals surface area contributed by atoms with E-state index in [1.807, 2.05) is 42.5 Å². The number of nitrogen functional groups attached to an aromatic ring is 1. The molecule has 2 N–H and O–H groups in total. The Kier molecular flexibility index (Phi) is 2.81. The molecule has 0 amide bonds. The fourth-order valence-corrected chi connectivity index (χ4v) is 1.68. The molecule has 4 nitrogen and oxygen atoms in total. The van der Waals surface area contributed by atoms with Gasteiger partial charge in [-0.05, 0) is 5.56 Å². The first-order valence-electron chi connectivity index (χ1n) is 5.09. The molecule has 2 rings (SSSR count). The number of nitrogens with zero attached hydrogens (tertiary/aromatic N) is 3. The van der Waals surface area contributed by atoms with Gasteiger partial charge in [0.25, 0.3) is 0 Å². The molecule has 82 valence electrons. The van der Waals surface area contributed by atoms with Crippen LogP contribution >= 0.6 is 0 Å². The predicted octanol–water partition coefficient (Wildman–Crippen LogP) is 1.86. The molecular formula is C13H10N4. The number of nitriles is 2. The fraction of sp³-hybridized carbons (Fsp3) is 0.0769. The maximum atomic E-state index is 8.92. The molecule has 0 atom stereocenters. The molecule has 0 aliphatic heterocycles. The number of nitrogens with two attached hydrogens (primary N) is 1. The van der Waals surface area contributed by atoms with Gasteiger partial charge >= 0.3 is 0 Å². The highest BCUT2D eigenvalue weighted by atomic mass is 15.0. The summed E-state index contributed by atoms with van der Waals surface area (Å²) in [6, 6.07) is 13.7. The van der Waals surface area contributed by atoms with Crippen LogP contribution < -0.4 is 5.73 Å². The topological polar surface area (TPSA) is 78.5 Å². The second kappa shape index (κ2) is 4.42. The minimum Gasteiger partial charge on any atom is -0.384 e. The number of aromatic nitrogens is 1. The minimum atomic E-state index is 0.253. The summed E-state index contributed by atoms with van der Waals surface area (Å²) < 4.78 is 1.71. The van der Waals surface area contributed by atoms with Crippen LogP contribution in [0, 0.1) is 22.7 Å². The second-order valence-electron chi connectivity index (χ2n) is 3.64. The van der Waals surface area contributed by atoms with Gasteiger partial charge in [0, 0.05) is 12.7 Å². The summed E-state index contributed by atoms with van der Waals surface area (Å²) in [5.74, 6) is 0.341. The molecular weight excluding hydrogens is 212 g/mol. The largest absolute Gasteiger partial charge is 0.384 e. The molecule has 0 spiro atoms. The molecule has 1 aromatic heterocycles. The number of hydrogen-bond acceptors (Lipinski definition) is 3. The van der Waals surface area contributed by atoms with Crippen LogP contribution in [0.5, 0.6) is 0 Å². The van der Waals surface area contributed by atoms with E-state index in [0.29, 0.717) is 17.9 Å². The van der Waals surface area contributed by atoms with Gasteiger partial charge in [-0.15, -0.1) is 0 Å². The average Bonchev–Trinajstić information content (AvgIpc) is 2.67. The Bertz CT molecular complexity index is 611. The summed E-state index contributed by atoms with van der Waals surface area (Å²) >= 11 is 0. The minimum absolute atomic E-state index is 0.253. The van der Waals surface area contributed by atoms with Crippen molar-refractivity contribution in [3.8, 4) is 12.1 Å². The van der Waals surface area contributed by atoms with Gasteiger partial charge in [-0.25, -0.2) is 0 Å². The van der Waals surface area contributed by atoms with E-state index >= 15 is 0 Å². The normalized spacial score (nSPS) is 9.53. The van der Waals surface area contributed by atoms with E-state index in [1.165, 1.54) is 0 Å². The van der Waals surface area contributed by atoms with E-state index in [4.69, 9.17) is 16.3 Å². The molecule has 0 saturated heterocycles. The molecule has 0 aliphatic carbocycles. The second-order valence-corrected chi connectivity index (χ2v) is 3.64. The third-order valence-electron chi connectivity index (χ3n) is 2.55. The Morgan fingerprint density at radius 3 is 2.35 bits per heavy atom. The monoisotopic (exact) mass is 222 g/mol. The van der Waals surface area contributed by atoms with Crippen molar-refractivity contribution in [2.45, 2.75) is 6.54 Å². The van der Waals surface area contributed by atoms with E-state index in [-0.39, 0.29) is 5.56 Å². The molecule has 0 fully saturated rings. The van der Waals surface area contributed by atoms with Crippen molar-refractivity contribution in [2.75, 3.05) is 5.73 Å². The summed E-state index contributed by atoms with van der Waals surface area (Å²) in [5.41, 5.74) is 7.47. The zero-order chi connectivity index (χ0) is 12.3. The SMILES string of the molecule is N#Cc1cn(Cc2ccccc2)c(N)c1C#N. The zero-order valence-electron chi connectivity index (χ0n) is 9.09. The summed E-state index contributed by atoms with van der Waals surface area (Å²) in [4.78, 5) is 0. The van der Waals surface area contributed by atoms with Gasteiger partial charge in [-0.3, -0.25) is 0 Å².